The van der Waals surface area contributed by atoms with Crippen molar-refractivity contribution < 1.29 is 0 Å². The second-order valence-corrected chi connectivity index (χ2v) is 2.10. The highest BCUT2D eigenvalue weighted by Crippen LogP contribution is 2.19. The molecule has 0 unspecified atom stereocenters. The summed E-state index contributed by atoms with van der Waals surface area (Å²) in [6.45, 7) is 0. The molecule has 1 atom stereocenters. The molecular formula is C6H8N2. The zero-order valence-corrected chi connectivity index (χ0v) is 4.65. The van der Waals surface area contributed by atoms with E-state index in [1.807, 2.05) is 0 Å². The first kappa shape index (κ1) is 5.30. The fourth-order valence-electron chi connectivity index (χ4n) is 0.988. The molecule has 1 N–H and O–H groups in total. The molecule has 0 radical (unpaired) electrons. The first-order chi connectivity index (χ1) is 3.84. The molecule has 1 rings (SSSR count). The van der Waals surface area contributed by atoms with E-state index in [4.69, 9.17) is 10.7 Å². The smallest absolute Gasteiger partial charge is 0.0838 e. The summed E-state index contributed by atoms with van der Waals surface area (Å²) >= 11 is 0. The second-order valence-electron chi connectivity index (χ2n) is 2.10. The van der Waals surface area contributed by atoms with Gasteiger partial charge in [-0.1, -0.05) is 0 Å². The van der Waals surface area contributed by atoms with Crippen molar-refractivity contribution in [3.8, 4) is 6.07 Å². The van der Waals surface area contributed by atoms with Crippen LogP contribution in [0.2, 0.25) is 0 Å². The van der Waals surface area contributed by atoms with Gasteiger partial charge in [-0.25, -0.2) is 0 Å². The summed E-state index contributed by atoms with van der Waals surface area (Å²) in [6, 6.07) is 2.09. The third-order valence-electron chi connectivity index (χ3n) is 1.52. The number of rotatable bonds is 0. The maximum Gasteiger partial charge on any atom is 0.0838 e. The van der Waals surface area contributed by atoms with Crippen LogP contribution in [-0.2, 0) is 0 Å². The van der Waals surface area contributed by atoms with Crippen molar-refractivity contribution in [3.05, 3.63) is 0 Å². The van der Waals surface area contributed by atoms with Gasteiger partial charge < -0.3 is 5.41 Å². The minimum atomic E-state index is -0.0463. The van der Waals surface area contributed by atoms with Gasteiger partial charge >= 0.3 is 0 Å². The SMILES string of the molecule is N#C[C@H]1CCCC1=N. The molecule has 1 aliphatic rings. The van der Waals surface area contributed by atoms with Gasteiger partial charge in [-0.2, -0.15) is 5.26 Å². The van der Waals surface area contributed by atoms with E-state index in [0.717, 1.165) is 19.3 Å². The second kappa shape index (κ2) is 1.95. The zero-order chi connectivity index (χ0) is 5.98. The highest BCUT2D eigenvalue weighted by atomic mass is 14.5. The molecule has 0 saturated heterocycles. The van der Waals surface area contributed by atoms with Crippen molar-refractivity contribution in [2.45, 2.75) is 19.3 Å². The number of nitrogens with one attached hydrogen (secondary N) is 1. The number of nitrogens with zero attached hydrogens (tertiary/aromatic N) is 1. The van der Waals surface area contributed by atoms with Crippen LogP contribution < -0.4 is 0 Å². The summed E-state index contributed by atoms with van der Waals surface area (Å²) in [7, 11) is 0. The molecule has 0 heterocycles. The van der Waals surface area contributed by atoms with Crippen molar-refractivity contribution in [1.82, 2.24) is 0 Å². The van der Waals surface area contributed by atoms with Crippen LogP contribution in [-0.4, -0.2) is 5.71 Å². The van der Waals surface area contributed by atoms with Gasteiger partial charge in [0.1, 0.15) is 0 Å². The van der Waals surface area contributed by atoms with Gasteiger partial charge in [0, 0.05) is 5.71 Å². The van der Waals surface area contributed by atoms with Crippen LogP contribution in [0.15, 0.2) is 0 Å². The quantitative estimate of drug-likeness (QED) is 0.500. The van der Waals surface area contributed by atoms with E-state index < -0.39 is 0 Å². The Kier molecular flexibility index (Phi) is 1.29. The lowest BCUT2D eigenvalue weighted by Gasteiger charge is -1.91. The lowest BCUT2D eigenvalue weighted by molar-refractivity contribution is 0.795. The molecule has 1 saturated carbocycles. The fraction of sp³-hybridized carbons (Fsp3) is 0.667. The molecule has 0 aromatic rings. The summed E-state index contributed by atoms with van der Waals surface area (Å²) in [5.74, 6) is -0.0463. The standard InChI is InChI=1S/C6H8N2/c7-4-5-2-1-3-6(5)8/h5,8H,1-3H2/t5-/m1/s1. The van der Waals surface area contributed by atoms with Gasteiger partial charge in [-0.05, 0) is 19.3 Å². The van der Waals surface area contributed by atoms with Crippen LogP contribution in [0.1, 0.15) is 19.3 Å². The molecule has 0 bridgehead atoms. The molecule has 0 aromatic heterocycles. The topological polar surface area (TPSA) is 47.6 Å². The molecule has 2 heteroatoms. The van der Waals surface area contributed by atoms with E-state index in [2.05, 4.69) is 6.07 Å². The molecule has 2 nitrogen and oxygen atoms in total. The number of hydrogen-bond acceptors (Lipinski definition) is 2. The van der Waals surface area contributed by atoms with E-state index >= 15 is 0 Å². The third-order valence-corrected chi connectivity index (χ3v) is 1.52. The summed E-state index contributed by atoms with van der Waals surface area (Å²) < 4.78 is 0. The number of hydrogen-bond donors (Lipinski definition) is 1. The molecule has 1 fully saturated rings. The Morgan fingerprint density at radius 3 is 2.75 bits per heavy atom. The molecule has 0 spiro atoms. The summed E-state index contributed by atoms with van der Waals surface area (Å²) in [5.41, 5.74) is 0.632. The van der Waals surface area contributed by atoms with Gasteiger partial charge in [0.05, 0.1) is 12.0 Å². The van der Waals surface area contributed by atoms with E-state index in [-0.39, 0.29) is 5.92 Å². The van der Waals surface area contributed by atoms with Crippen molar-refractivity contribution in [2.75, 3.05) is 0 Å². The monoisotopic (exact) mass is 108 g/mol. The van der Waals surface area contributed by atoms with Crippen LogP contribution >= 0.6 is 0 Å². The number of nitriles is 1. The Morgan fingerprint density at radius 2 is 2.50 bits per heavy atom. The van der Waals surface area contributed by atoms with Crippen LogP contribution in [0.25, 0.3) is 0 Å². The van der Waals surface area contributed by atoms with Crippen LogP contribution in [0.5, 0.6) is 0 Å². The van der Waals surface area contributed by atoms with Gasteiger partial charge in [0.15, 0.2) is 0 Å². The van der Waals surface area contributed by atoms with Gasteiger partial charge in [-0.3, -0.25) is 0 Å². The summed E-state index contributed by atoms with van der Waals surface area (Å²) in [4.78, 5) is 0. The Labute approximate surface area is 48.6 Å². The lowest BCUT2D eigenvalue weighted by Crippen LogP contribution is -2.00. The van der Waals surface area contributed by atoms with Gasteiger partial charge in [0.2, 0.25) is 0 Å². The first-order valence-electron chi connectivity index (χ1n) is 2.81. The highest BCUT2D eigenvalue weighted by Gasteiger charge is 2.19. The van der Waals surface area contributed by atoms with Crippen molar-refractivity contribution in [3.63, 3.8) is 0 Å². The Morgan fingerprint density at radius 1 is 1.75 bits per heavy atom. The molecular weight excluding hydrogens is 100 g/mol. The van der Waals surface area contributed by atoms with Crippen molar-refractivity contribution >= 4 is 5.71 Å². The molecule has 8 heavy (non-hydrogen) atoms. The maximum absolute atomic E-state index is 8.35. The average molecular weight is 108 g/mol. The third kappa shape index (κ3) is 0.717. The minimum Gasteiger partial charge on any atom is -0.308 e. The Balaban J connectivity index is 2.58. The Hall–Kier alpha value is -0.840. The van der Waals surface area contributed by atoms with Gasteiger partial charge in [-0.15, -0.1) is 0 Å². The van der Waals surface area contributed by atoms with Crippen molar-refractivity contribution in [1.29, 1.82) is 10.7 Å². The maximum atomic E-state index is 8.35. The van der Waals surface area contributed by atoms with E-state index in [1.165, 1.54) is 0 Å². The molecule has 0 amide bonds. The largest absolute Gasteiger partial charge is 0.308 e. The first-order valence-corrected chi connectivity index (χ1v) is 2.81. The molecule has 42 valence electrons. The normalized spacial score (nSPS) is 27.9. The highest BCUT2D eigenvalue weighted by molar-refractivity contribution is 5.87. The van der Waals surface area contributed by atoms with Crippen LogP contribution in [0.4, 0.5) is 0 Å². The molecule has 0 aliphatic heterocycles. The minimum absolute atomic E-state index is 0.0463. The molecule has 1 aliphatic carbocycles. The van der Waals surface area contributed by atoms with E-state index in [0.29, 0.717) is 5.71 Å². The van der Waals surface area contributed by atoms with Crippen LogP contribution in [0.3, 0.4) is 0 Å². The predicted molar refractivity (Wildman–Crippen MR) is 30.7 cm³/mol. The zero-order valence-electron chi connectivity index (χ0n) is 4.65. The summed E-state index contributed by atoms with van der Waals surface area (Å²) in [5, 5.41) is 15.5. The predicted octanol–water partition coefficient (Wildman–Crippen LogP) is 1.33. The van der Waals surface area contributed by atoms with E-state index in [1.54, 1.807) is 0 Å². The van der Waals surface area contributed by atoms with Crippen molar-refractivity contribution in [2.24, 2.45) is 5.92 Å². The Bertz CT molecular complexity index is 143. The lowest BCUT2D eigenvalue weighted by atomic mass is 10.1. The average Bonchev–Trinajstić information content (AvgIpc) is 2.14. The molecule has 0 aromatic carbocycles. The fourth-order valence-corrected chi connectivity index (χ4v) is 0.988. The summed E-state index contributed by atoms with van der Waals surface area (Å²) in [6.07, 6.45) is 2.80. The van der Waals surface area contributed by atoms with Crippen LogP contribution in [0, 0.1) is 22.7 Å². The van der Waals surface area contributed by atoms with E-state index in [9.17, 15) is 0 Å². The van der Waals surface area contributed by atoms with Gasteiger partial charge in [0.25, 0.3) is 0 Å².